The van der Waals surface area contributed by atoms with Gasteiger partial charge in [0.25, 0.3) is 0 Å². The van der Waals surface area contributed by atoms with Crippen molar-refractivity contribution in [2.24, 2.45) is 0 Å². The minimum absolute atomic E-state index is 0.523. The molecule has 0 aliphatic carbocycles. The van der Waals surface area contributed by atoms with Crippen LogP contribution in [0.5, 0.6) is 0 Å². The number of thiazole rings is 1. The maximum Gasteiger partial charge on any atom is 0.0928 e. The molecule has 1 aromatic rings. The number of hydrogen-bond acceptors (Lipinski definition) is 3. The topological polar surface area (TPSA) is 22.1 Å². The number of hydrogen-bond donors (Lipinski definition) is 0. The summed E-state index contributed by atoms with van der Waals surface area (Å²) in [5, 5.41) is 3.22. The quantitative estimate of drug-likeness (QED) is 0.533. The Hall–Kier alpha value is -0.120. The van der Waals surface area contributed by atoms with E-state index in [0.29, 0.717) is 5.88 Å². The molecule has 14 heavy (non-hydrogen) atoms. The first-order valence-corrected chi connectivity index (χ1v) is 6.35. The van der Waals surface area contributed by atoms with Crippen molar-refractivity contribution in [2.45, 2.75) is 32.1 Å². The van der Waals surface area contributed by atoms with Crippen LogP contribution in [0.25, 0.3) is 0 Å². The molecule has 2 nitrogen and oxygen atoms in total. The largest absolute Gasteiger partial charge is 0.382 e. The fourth-order valence-electron chi connectivity index (χ4n) is 1.15. The highest BCUT2D eigenvalue weighted by Crippen LogP contribution is 2.13. The molecule has 0 aliphatic heterocycles. The number of halogens is 1. The van der Waals surface area contributed by atoms with Crippen LogP contribution >= 0.6 is 22.9 Å². The Bertz CT molecular complexity index is 252. The van der Waals surface area contributed by atoms with Gasteiger partial charge in [-0.3, -0.25) is 0 Å². The summed E-state index contributed by atoms with van der Waals surface area (Å²) >= 11 is 7.37. The first kappa shape index (κ1) is 12.0. The highest BCUT2D eigenvalue weighted by atomic mass is 35.5. The lowest BCUT2D eigenvalue weighted by molar-refractivity contribution is 0.143. The summed E-state index contributed by atoms with van der Waals surface area (Å²) in [7, 11) is 0. The van der Waals surface area contributed by atoms with Crippen molar-refractivity contribution in [3.8, 4) is 0 Å². The van der Waals surface area contributed by atoms with Gasteiger partial charge < -0.3 is 4.74 Å². The van der Waals surface area contributed by atoms with Gasteiger partial charge >= 0.3 is 0 Å². The van der Waals surface area contributed by atoms with Gasteiger partial charge in [0.15, 0.2) is 0 Å². The molecule has 1 rings (SSSR count). The molecule has 1 aromatic heterocycles. The van der Waals surface area contributed by atoms with Crippen molar-refractivity contribution in [3.05, 3.63) is 16.1 Å². The van der Waals surface area contributed by atoms with E-state index in [9.17, 15) is 0 Å². The van der Waals surface area contributed by atoms with Crippen molar-refractivity contribution in [1.29, 1.82) is 0 Å². The van der Waals surface area contributed by atoms with E-state index < -0.39 is 0 Å². The second-order valence-corrected chi connectivity index (χ2v) is 4.23. The van der Waals surface area contributed by atoms with Gasteiger partial charge in [0, 0.05) is 18.6 Å². The monoisotopic (exact) mass is 233 g/mol. The predicted octanol–water partition coefficient (Wildman–Crippen LogP) is 3.24. The Morgan fingerprint density at radius 1 is 1.50 bits per heavy atom. The lowest BCUT2D eigenvalue weighted by Crippen LogP contribution is -1.94. The maximum absolute atomic E-state index is 5.67. The third-order valence-corrected chi connectivity index (χ3v) is 3.10. The maximum atomic E-state index is 5.67. The first-order valence-electron chi connectivity index (χ1n) is 4.93. The summed E-state index contributed by atoms with van der Waals surface area (Å²) in [4.78, 5) is 4.39. The van der Waals surface area contributed by atoms with E-state index >= 15 is 0 Å². The van der Waals surface area contributed by atoms with Crippen molar-refractivity contribution >= 4 is 22.9 Å². The predicted molar refractivity (Wildman–Crippen MR) is 61.1 cm³/mol. The molecule has 4 heteroatoms. The van der Waals surface area contributed by atoms with Gasteiger partial charge in [0.1, 0.15) is 0 Å². The molecule has 0 N–H and O–H groups in total. The van der Waals surface area contributed by atoms with Gasteiger partial charge in [0.2, 0.25) is 0 Å². The van der Waals surface area contributed by atoms with Gasteiger partial charge in [-0.15, -0.1) is 22.9 Å². The lowest BCUT2D eigenvalue weighted by atomic mass is 10.2. The SMILES string of the molecule is CCOCCCCc1nc(CCl)cs1. The van der Waals surface area contributed by atoms with Crippen LogP contribution in [0.1, 0.15) is 30.5 Å². The number of nitrogens with zero attached hydrogens (tertiary/aromatic N) is 1. The molecular weight excluding hydrogens is 218 g/mol. The van der Waals surface area contributed by atoms with E-state index in [1.54, 1.807) is 11.3 Å². The normalized spacial score (nSPS) is 10.7. The van der Waals surface area contributed by atoms with Gasteiger partial charge in [-0.25, -0.2) is 4.98 Å². The molecule has 0 amide bonds. The summed E-state index contributed by atoms with van der Waals surface area (Å²) in [5.74, 6) is 0.523. The van der Waals surface area contributed by atoms with Crippen LogP contribution in [0, 0.1) is 0 Å². The average Bonchev–Trinajstić information content (AvgIpc) is 2.65. The Balaban J connectivity index is 2.12. The molecule has 0 saturated heterocycles. The summed E-state index contributed by atoms with van der Waals surface area (Å²) in [6.07, 6.45) is 3.31. The highest BCUT2D eigenvalue weighted by Gasteiger charge is 2.00. The van der Waals surface area contributed by atoms with Crippen molar-refractivity contribution in [1.82, 2.24) is 4.98 Å². The zero-order valence-electron chi connectivity index (χ0n) is 8.46. The molecule has 0 unspecified atom stereocenters. The fraction of sp³-hybridized carbons (Fsp3) is 0.700. The van der Waals surface area contributed by atoms with E-state index in [1.165, 1.54) is 5.01 Å². The highest BCUT2D eigenvalue weighted by molar-refractivity contribution is 7.09. The molecule has 0 aromatic carbocycles. The molecule has 0 fully saturated rings. The average molecular weight is 234 g/mol. The van der Waals surface area contributed by atoms with Crippen LogP contribution in [0.3, 0.4) is 0 Å². The number of alkyl halides is 1. The molecule has 1 heterocycles. The van der Waals surface area contributed by atoms with Crippen LogP contribution < -0.4 is 0 Å². The third-order valence-electron chi connectivity index (χ3n) is 1.87. The number of unbranched alkanes of at least 4 members (excludes halogenated alkanes) is 1. The molecule has 0 spiro atoms. The first-order chi connectivity index (χ1) is 6.86. The minimum Gasteiger partial charge on any atom is -0.382 e. The van der Waals surface area contributed by atoms with E-state index in [4.69, 9.17) is 16.3 Å². The molecule has 0 aliphatic rings. The number of aromatic nitrogens is 1. The minimum atomic E-state index is 0.523. The Morgan fingerprint density at radius 3 is 3.00 bits per heavy atom. The molecule has 0 atom stereocenters. The summed E-state index contributed by atoms with van der Waals surface area (Å²) in [6, 6.07) is 0. The zero-order valence-corrected chi connectivity index (χ0v) is 10.0. The molecule has 0 radical (unpaired) electrons. The fourth-order valence-corrected chi connectivity index (χ4v) is 2.22. The number of aryl methyl sites for hydroxylation is 1. The molecule has 80 valence electrons. The van der Waals surface area contributed by atoms with Crippen LogP contribution in [-0.4, -0.2) is 18.2 Å². The Labute approximate surface area is 94.3 Å². The standard InChI is InChI=1S/C10H16ClNOS/c1-2-13-6-4-3-5-10-12-9(7-11)8-14-10/h8H,2-7H2,1H3. The van der Waals surface area contributed by atoms with Crippen molar-refractivity contribution in [3.63, 3.8) is 0 Å². The van der Waals surface area contributed by atoms with Crippen LogP contribution in [0.4, 0.5) is 0 Å². The van der Waals surface area contributed by atoms with Gasteiger partial charge in [-0.05, 0) is 26.2 Å². The van der Waals surface area contributed by atoms with Crippen molar-refractivity contribution < 1.29 is 4.74 Å². The molecular formula is C10H16ClNOS. The summed E-state index contributed by atoms with van der Waals surface area (Å²) in [5.41, 5.74) is 0.997. The van der Waals surface area contributed by atoms with E-state index in [-0.39, 0.29) is 0 Å². The van der Waals surface area contributed by atoms with Gasteiger partial charge in [-0.2, -0.15) is 0 Å². The second kappa shape index (κ2) is 7.21. The van der Waals surface area contributed by atoms with Crippen LogP contribution in [0.15, 0.2) is 5.38 Å². The van der Waals surface area contributed by atoms with Crippen LogP contribution in [-0.2, 0) is 17.0 Å². The van der Waals surface area contributed by atoms with E-state index in [0.717, 1.165) is 38.2 Å². The van der Waals surface area contributed by atoms with Gasteiger partial charge in [-0.1, -0.05) is 0 Å². The smallest absolute Gasteiger partial charge is 0.0928 e. The van der Waals surface area contributed by atoms with Crippen molar-refractivity contribution in [2.75, 3.05) is 13.2 Å². The third kappa shape index (κ3) is 4.40. The summed E-state index contributed by atoms with van der Waals surface area (Å²) in [6.45, 7) is 3.70. The lowest BCUT2D eigenvalue weighted by Gasteiger charge is -1.99. The van der Waals surface area contributed by atoms with E-state index in [1.807, 2.05) is 12.3 Å². The molecule has 0 saturated carbocycles. The Morgan fingerprint density at radius 2 is 2.36 bits per heavy atom. The zero-order chi connectivity index (χ0) is 10.2. The van der Waals surface area contributed by atoms with E-state index in [2.05, 4.69) is 4.98 Å². The van der Waals surface area contributed by atoms with Gasteiger partial charge in [0.05, 0.1) is 16.6 Å². The summed E-state index contributed by atoms with van der Waals surface area (Å²) < 4.78 is 5.26. The van der Waals surface area contributed by atoms with Crippen LogP contribution in [0.2, 0.25) is 0 Å². The number of ether oxygens (including phenoxy) is 1. The number of rotatable bonds is 7. The Kier molecular flexibility index (Phi) is 6.15. The molecule has 0 bridgehead atoms. The second-order valence-electron chi connectivity index (χ2n) is 3.02.